The molecule has 2 aromatic carbocycles. The summed E-state index contributed by atoms with van der Waals surface area (Å²) < 4.78 is 15.9. The van der Waals surface area contributed by atoms with Gasteiger partial charge in [-0.1, -0.05) is 48.5 Å². The first-order valence-corrected chi connectivity index (χ1v) is 13.5. The Balaban J connectivity index is 1.68. The number of carbonyl (C=O) groups is 4. The van der Waals surface area contributed by atoms with Crippen LogP contribution in [0.15, 0.2) is 53.5 Å². The van der Waals surface area contributed by atoms with E-state index in [-0.39, 0.29) is 25.5 Å². The average Bonchev–Trinajstić information content (AvgIpc) is 3.18. The number of carboxylic acid groups (broad SMARTS) is 1. The Hall–Kier alpha value is -4.61. The maximum absolute atomic E-state index is 12.9. The largest absolute Gasteiger partial charge is 0.480 e. The van der Waals surface area contributed by atoms with Crippen molar-refractivity contribution < 1.29 is 38.5 Å². The van der Waals surface area contributed by atoms with Crippen LogP contribution in [0.25, 0.3) is 11.1 Å². The highest BCUT2D eigenvalue weighted by Crippen LogP contribution is 2.44. The van der Waals surface area contributed by atoms with Gasteiger partial charge in [-0.3, -0.25) is 0 Å². The number of hydrogen-bond acceptors (Lipinski definition) is 7. The summed E-state index contributed by atoms with van der Waals surface area (Å²) in [7, 11) is 0. The molecular weight excluding hydrogens is 544 g/mol. The molecule has 0 heterocycles. The fourth-order valence-corrected chi connectivity index (χ4v) is 4.35. The van der Waals surface area contributed by atoms with Crippen LogP contribution < -0.4 is 11.1 Å². The maximum Gasteiger partial charge on any atom is 0.437 e. The van der Waals surface area contributed by atoms with E-state index in [1.807, 2.05) is 48.5 Å². The van der Waals surface area contributed by atoms with Crippen molar-refractivity contribution in [3.63, 3.8) is 0 Å². The van der Waals surface area contributed by atoms with Gasteiger partial charge in [0.15, 0.2) is 0 Å². The van der Waals surface area contributed by atoms with Crippen molar-refractivity contribution in [2.75, 3.05) is 13.2 Å². The SMILES string of the molecule is CC(C)(C)OC(=O)N=C(N)N(CCC(NC(=O)OCC1c2ccccc2-c2ccccc21)C(=O)O)C(=O)OC(C)(C)C. The van der Waals surface area contributed by atoms with Crippen LogP contribution in [-0.4, -0.2) is 70.6 Å². The smallest absolute Gasteiger partial charge is 0.437 e. The van der Waals surface area contributed by atoms with Crippen LogP contribution in [0, 0.1) is 0 Å². The highest BCUT2D eigenvalue weighted by molar-refractivity contribution is 5.98. The summed E-state index contributed by atoms with van der Waals surface area (Å²) >= 11 is 0. The Bertz CT molecular complexity index is 1310. The van der Waals surface area contributed by atoms with Crippen molar-refractivity contribution in [2.45, 2.75) is 71.1 Å². The first-order chi connectivity index (χ1) is 19.6. The summed E-state index contributed by atoms with van der Waals surface area (Å²) in [5.74, 6) is -2.13. The molecule has 3 amide bonds. The molecule has 1 unspecified atom stereocenters. The number of carbonyl (C=O) groups excluding carboxylic acids is 3. The third-order valence-corrected chi connectivity index (χ3v) is 6.06. The van der Waals surface area contributed by atoms with Crippen LogP contribution in [0.3, 0.4) is 0 Å². The molecule has 0 aliphatic heterocycles. The molecule has 0 radical (unpaired) electrons. The topological polar surface area (TPSA) is 170 Å². The van der Waals surface area contributed by atoms with Gasteiger partial charge < -0.3 is 30.4 Å². The second-order valence-electron chi connectivity index (χ2n) is 11.7. The van der Waals surface area contributed by atoms with Crippen LogP contribution in [-0.2, 0) is 19.0 Å². The lowest BCUT2D eigenvalue weighted by molar-refractivity contribution is -0.139. The monoisotopic (exact) mass is 582 g/mol. The number of rotatable bonds is 7. The van der Waals surface area contributed by atoms with E-state index >= 15 is 0 Å². The van der Waals surface area contributed by atoms with Crippen molar-refractivity contribution in [1.82, 2.24) is 10.2 Å². The van der Waals surface area contributed by atoms with Gasteiger partial charge in [-0.05, 0) is 70.2 Å². The molecule has 0 aromatic heterocycles. The second kappa shape index (κ2) is 12.9. The van der Waals surface area contributed by atoms with Gasteiger partial charge in [0.25, 0.3) is 0 Å². The van der Waals surface area contributed by atoms with Gasteiger partial charge in [-0.25, -0.2) is 24.1 Å². The summed E-state index contributed by atoms with van der Waals surface area (Å²) in [5, 5.41) is 12.1. The number of carboxylic acids is 1. The molecular formula is C30H38N4O8. The zero-order chi connectivity index (χ0) is 31.2. The van der Waals surface area contributed by atoms with E-state index in [0.717, 1.165) is 27.2 Å². The first-order valence-electron chi connectivity index (χ1n) is 13.5. The van der Waals surface area contributed by atoms with Crippen molar-refractivity contribution in [3.8, 4) is 11.1 Å². The lowest BCUT2D eigenvalue weighted by Gasteiger charge is -2.27. The number of alkyl carbamates (subject to hydrolysis) is 1. The van der Waals surface area contributed by atoms with Crippen molar-refractivity contribution in [1.29, 1.82) is 0 Å². The standard InChI is InChI=1S/C30H38N4O8/c1-29(2,3)41-27(38)33-25(31)34(28(39)42-30(4,5)6)16-15-23(24(35)36)32-26(37)40-17-22-20-13-9-7-11-18(20)19-12-8-10-14-21(19)22/h7-14,22-23H,15-17H2,1-6H3,(H,32,37)(H,35,36)(H2,31,33,38). The number of guanidine groups is 1. The molecule has 0 saturated carbocycles. The minimum Gasteiger partial charge on any atom is -0.480 e. The predicted octanol–water partition coefficient (Wildman–Crippen LogP) is 4.86. The van der Waals surface area contributed by atoms with E-state index in [1.165, 1.54) is 0 Å². The van der Waals surface area contributed by atoms with E-state index in [9.17, 15) is 24.3 Å². The fourth-order valence-electron chi connectivity index (χ4n) is 4.35. The zero-order valence-electron chi connectivity index (χ0n) is 24.7. The van der Waals surface area contributed by atoms with Crippen LogP contribution in [0.5, 0.6) is 0 Å². The predicted molar refractivity (Wildman–Crippen MR) is 155 cm³/mol. The fraction of sp³-hybridized carbons (Fsp3) is 0.433. The lowest BCUT2D eigenvalue weighted by Crippen LogP contribution is -2.49. The molecule has 3 rings (SSSR count). The van der Waals surface area contributed by atoms with Crippen LogP contribution in [0.4, 0.5) is 14.4 Å². The number of aliphatic imine (C=N–C) groups is 1. The van der Waals surface area contributed by atoms with Crippen molar-refractivity contribution in [3.05, 3.63) is 59.7 Å². The number of nitrogens with two attached hydrogens (primary N) is 1. The number of fused-ring (bicyclic) bond motifs is 3. The van der Waals surface area contributed by atoms with Gasteiger partial charge >= 0.3 is 24.2 Å². The summed E-state index contributed by atoms with van der Waals surface area (Å²) in [6.45, 7) is 9.42. The molecule has 2 aromatic rings. The van der Waals surface area contributed by atoms with Gasteiger partial charge in [0.2, 0.25) is 5.96 Å². The van der Waals surface area contributed by atoms with Crippen LogP contribution in [0.1, 0.15) is 65.0 Å². The molecule has 4 N–H and O–H groups in total. The normalized spacial score (nSPS) is 13.8. The molecule has 1 atom stereocenters. The molecule has 12 nitrogen and oxygen atoms in total. The quantitative estimate of drug-likeness (QED) is 0.234. The lowest BCUT2D eigenvalue weighted by atomic mass is 9.98. The summed E-state index contributed by atoms with van der Waals surface area (Å²) in [6.07, 6.45) is -3.25. The van der Waals surface area contributed by atoms with E-state index in [4.69, 9.17) is 19.9 Å². The number of benzene rings is 2. The number of amides is 3. The molecule has 0 bridgehead atoms. The Labute approximate surface area is 244 Å². The number of ether oxygens (including phenoxy) is 3. The Kier molecular flexibility index (Phi) is 9.82. The van der Waals surface area contributed by atoms with Gasteiger partial charge in [-0.2, -0.15) is 0 Å². The summed E-state index contributed by atoms with van der Waals surface area (Å²) in [4.78, 5) is 54.1. The minimum absolute atomic E-state index is 0.00821. The molecule has 226 valence electrons. The summed E-state index contributed by atoms with van der Waals surface area (Å²) in [6, 6.07) is 14.2. The van der Waals surface area contributed by atoms with E-state index in [1.54, 1.807) is 41.5 Å². The van der Waals surface area contributed by atoms with Gasteiger partial charge in [-0.15, -0.1) is 4.99 Å². The molecule has 0 saturated heterocycles. The number of nitrogens with zero attached hydrogens (tertiary/aromatic N) is 2. The molecule has 1 aliphatic carbocycles. The third kappa shape index (κ3) is 8.69. The molecule has 42 heavy (non-hydrogen) atoms. The Morgan fingerprint density at radius 3 is 1.95 bits per heavy atom. The second-order valence-corrected chi connectivity index (χ2v) is 11.7. The molecule has 1 aliphatic rings. The Morgan fingerprint density at radius 1 is 0.929 bits per heavy atom. The number of nitrogens with one attached hydrogen (secondary N) is 1. The average molecular weight is 583 g/mol. The van der Waals surface area contributed by atoms with Crippen LogP contribution in [0.2, 0.25) is 0 Å². The van der Waals surface area contributed by atoms with Crippen molar-refractivity contribution >= 4 is 30.2 Å². The first kappa shape index (κ1) is 31.9. The minimum atomic E-state index is -1.46. The summed E-state index contributed by atoms with van der Waals surface area (Å²) in [5.41, 5.74) is 8.27. The van der Waals surface area contributed by atoms with Crippen LogP contribution >= 0.6 is 0 Å². The Morgan fingerprint density at radius 2 is 1.45 bits per heavy atom. The van der Waals surface area contributed by atoms with Gasteiger partial charge in [0.05, 0.1) is 0 Å². The maximum atomic E-state index is 12.9. The molecule has 0 fully saturated rings. The van der Waals surface area contributed by atoms with Gasteiger partial charge in [0, 0.05) is 12.5 Å². The third-order valence-electron chi connectivity index (χ3n) is 6.06. The molecule has 12 heteroatoms. The number of hydrogen-bond donors (Lipinski definition) is 3. The zero-order valence-corrected chi connectivity index (χ0v) is 24.7. The highest BCUT2D eigenvalue weighted by Gasteiger charge is 2.31. The van der Waals surface area contributed by atoms with E-state index < -0.39 is 47.5 Å². The number of aliphatic carboxylic acids is 1. The molecule has 0 spiro atoms. The van der Waals surface area contributed by atoms with Gasteiger partial charge in [0.1, 0.15) is 23.9 Å². The van der Waals surface area contributed by atoms with Crippen molar-refractivity contribution in [2.24, 2.45) is 10.7 Å². The van der Waals surface area contributed by atoms with E-state index in [0.29, 0.717) is 0 Å². The highest BCUT2D eigenvalue weighted by atomic mass is 16.6. The van der Waals surface area contributed by atoms with E-state index in [2.05, 4.69) is 10.3 Å².